The molecule has 24 heavy (non-hydrogen) atoms. The molecular weight excluding hydrogens is 304 g/mol. The molecular formula is C19H30N2O3. The van der Waals surface area contributed by atoms with Gasteiger partial charge in [0, 0.05) is 6.42 Å². The second-order valence-electron chi connectivity index (χ2n) is 8.79. The fourth-order valence-corrected chi connectivity index (χ4v) is 5.82. The minimum absolute atomic E-state index is 0.0917. The first-order valence-electron chi connectivity index (χ1n) is 9.19. The minimum atomic E-state index is -0.720. The SMILES string of the molecule is COC(=O)C12CCC(C3(C(C)=O)CCN=N3)C1C(C)C(C)(C)CC2. The van der Waals surface area contributed by atoms with Crippen LogP contribution in [-0.4, -0.2) is 30.9 Å². The molecule has 0 radical (unpaired) electrons. The number of nitrogens with zero attached hydrogens (tertiary/aromatic N) is 2. The lowest BCUT2D eigenvalue weighted by atomic mass is 9.51. The van der Waals surface area contributed by atoms with Crippen LogP contribution < -0.4 is 0 Å². The third-order valence-electron chi connectivity index (χ3n) is 7.62. The second-order valence-corrected chi connectivity index (χ2v) is 8.79. The number of hydrogen-bond acceptors (Lipinski definition) is 5. The number of methoxy groups -OCH3 is 1. The molecule has 5 heteroatoms. The molecule has 1 heterocycles. The lowest BCUT2D eigenvalue weighted by molar-refractivity contribution is -0.165. The molecule has 2 saturated carbocycles. The molecule has 0 amide bonds. The highest BCUT2D eigenvalue weighted by molar-refractivity contribution is 5.87. The molecule has 0 aromatic carbocycles. The summed E-state index contributed by atoms with van der Waals surface area (Å²) in [7, 11) is 1.49. The van der Waals surface area contributed by atoms with Gasteiger partial charge < -0.3 is 4.74 Å². The molecule has 0 aromatic rings. The Hall–Kier alpha value is -1.26. The third kappa shape index (κ3) is 2.19. The van der Waals surface area contributed by atoms with Crippen molar-refractivity contribution in [2.24, 2.45) is 38.8 Å². The van der Waals surface area contributed by atoms with E-state index in [4.69, 9.17) is 4.74 Å². The first-order chi connectivity index (χ1) is 11.2. The molecule has 2 aliphatic carbocycles. The van der Waals surface area contributed by atoms with E-state index < -0.39 is 11.0 Å². The van der Waals surface area contributed by atoms with Crippen molar-refractivity contribution in [3.05, 3.63) is 0 Å². The van der Waals surface area contributed by atoms with Gasteiger partial charge in [-0.3, -0.25) is 9.59 Å². The van der Waals surface area contributed by atoms with Gasteiger partial charge in [0.2, 0.25) is 0 Å². The summed E-state index contributed by atoms with van der Waals surface area (Å²) < 4.78 is 5.24. The van der Waals surface area contributed by atoms with E-state index in [9.17, 15) is 9.59 Å². The van der Waals surface area contributed by atoms with Crippen LogP contribution in [0.4, 0.5) is 0 Å². The summed E-state index contributed by atoms with van der Waals surface area (Å²) in [4.78, 5) is 25.4. The zero-order valence-electron chi connectivity index (χ0n) is 15.6. The molecule has 0 bridgehead atoms. The molecule has 3 rings (SSSR count). The van der Waals surface area contributed by atoms with Gasteiger partial charge in [0.25, 0.3) is 0 Å². The van der Waals surface area contributed by atoms with Crippen LogP contribution in [0.5, 0.6) is 0 Å². The predicted octanol–water partition coefficient (Wildman–Crippen LogP) is 3.81. The smallest absolute Gasteiger partial charge is 0.312 e. The Morgan fingerprint density at radius 1 is 1.12 bits per heavy atom. The van der Waals surface area contributed by atoms with Crippen molar-refractivity contribution in [2.75, 3.05) is 13.7 Å². The van der Waals surface area contributed by atoms with E-state index in [0.717, 1.165) is 25.7 Å². The van der Waals surface area contributed by atoms with E-state index in [1.54, 1.807) is 6.92 Å². The van der Waals surface area contributed by atoms with Crippen molar-refractivity contribution in [2.45, 2.75) is 65.3 Å². The van der Waals surface area contributed by atoms with Crippen LogP contribution in [0.15, 0.2) is 10.2 Å². The van der Waals surface area contributed by atoms with Gasteiger partial charge in [0.1, 0.15) is 5.54 Å². The molecule has 3 aliphatic rings. The van der Waals surface area contributed by atoms with Crippen molar-refractivity contribution in [3.8, 4) is 0 Å². The van der Waals surface area contributed by atoms with Crippen LogP contribution in [0.3, 0.4) is 0 Å². The van der Waals surface area contributed by atoms with E-state index in [-0.39, 0.29) is 29.0 Å². The highest BCUT2D eigenvalue weighted by Gasteiger charge is 2.66. The largest absolute Gasteiger partial charge is 0.469 e. The summed E-state index contributed by atoms with van der Waals surface area (Å²) in [6, 6.07) is 0. The number of ketones is 1. The molecule has 2 fully saturated rings. The van der Waals surface area contributed by atoms with Crippen LogP contribution in [0.25, 0.3) is 0 Å². The van der Waals surface area contributed by atoms with Gasteiger partial charge in [0.15, 0.2) is 5.78 Å². The molecule has 5 atom stereocenters. The third-order valence-corrected chi connectivity index (χ3v) is 7.62. The van der Waals surface area contributed by atoms with Crippen molar-refractivity contribution >= 4 is 11.8 Å². The van der Waals surface area contributed by atoms with Crippen LogP contribution in [0.2, 0.25) is 0 Å². The predicted molar refractivity (Wildman–Crippen MR) is 90.6 cm³/mol. The fraction of sp³-hybridized carbons (Fsp3) is 0.895. The Balaban J connectivity index is 2.08. The molecule has 5 nitrogen and oxygen atoms in total. The quantitative estimate of drug-likeness (QED) is 0.737. The van der Waals surface area contributed by atoms with Crippen molar-refractivity contribution in [1.29, 1.82) is 0 Å². The maximum atomic E-state index is 12.8. The zero-order chi connectivity index (χ0) is 17.8. The maximum absolute atomic E-state index is 12.8. The molecule has 1 aliphatic heterocycles. The van der Waals surface area contributed by atoms with Gasteiger partial charge in [0.05, 0.1) is 19.1 Å². The number of carbonyl (C=O) groups excluding carboxylic acids is 2. The van der Waals surface area contributed by atoms with Crippen LogP contribution in [-0.2, 0) is 14.3 Å². The zero-order valence-corrected chi connectivity index (χ0v) is 15.6. The molecule has 0 spiro atoms. The summed E-state index contributed by atoms with van der Waals surface area (Å²) >= 11 is 0. The molecule has 0 N–H and O–H groups in total. The van der Waals surface area contributed by atoms with Gasteiger partial charge in [-0.1, -0.05) is 20.8 Å². The summed E-state index contributed by atoms with van der Waals surface area (Å²) in [6.07, 6.45) is 4.22. The summed E-state index contributed by atoms with van der Waals surface area (Å²) in [5.41, 5.74) is -1.02. The highest BCUT2D eigenvalue weighted by atomic mass is 16.5. The number of azo groups is 1. The molecule has 0 saturated heterocycles. The number of carbonyl (C=O) groups is 2. The van der Waals surface area contributed by atoms with Crippen LogP contribution in [0.1, 0.15) is 59.8 Å². The first-order valence-corrected chi connectivity index (χ1v) is 9.19. The van der Waals surface area contributed by atoms with E-state index >= 15 is 0 Å². The summed E-state index contributed by atoms with van der Waals surface area (Å²) in [5, 5.41) is 8.64. The standard InChI is InChI=1S/C19H30N2O3/c1-12-15-14(19(13(2)22)10-11-20-21-19)6-7-18(15,16(23)24-5)9-8-17(12,3)4/h12,14-15H,6-11H2,1-5H3. The first kappa shape index (κ1) is 17.6. The Bertz CT molecular complexity index is 585. The Kier molecular flexibility index (Phi) is 4.12. The summed E-state index contributed by atoms with van der Waals surface area (Å²) in [6.45, 7) is 9.07. The van der Waals surface area contributed by atoms with Crippen LogP contribution >= 0.6 is 0 Å². The van der Waals surface area contributed by atoms with Crippen molar-refractivity contribution in [3.63, 3.8) is 0 Å². The Labute approximate surface area is 144 Å². The second kappa shape index (κ2) is 5.63. The van der Waals surface area contributed by atoms with Crippen molar-refractivity contribution in [1.82, 2.24) is 0 Å². The van der Waals surface area contributed by atoms with E-state index in [0.29, 0.717) is 18.9 Å². The Morgan fingerprint density at radius 3 is 2.38 bits per heavy atom. The number of Topliss-reactive ketones (excluding diaryl/α,β-unsaturated/α-hetero) is 1. The fourth-order valence-electron chi connectivity index (χ4n) is 5.82. The number of esters is 1. The monoisotopic (exact) mass is 334 g/mol. The average Bonchev–Trinajstić information content (AvgIpc) is 3.16. The van der Waals surface area contributed by atoms with E-state index in [1.807, 2.05) is 0 Å². The summed E-state index contributed by atoms with van der Waals surface area (Å²) in [5.74, 6) is 0.574. The minimum Gasteiger partial charge on any atom is -0.469 e. The highest BCUT2D eigenvalue weighted by Crippen LogP contribution is 2.65. The van der Waals surface area contributed by atoms with Crippen LogP contribution in [0, 0.1) is 28.6 Å². The van der Waals surface area contributed by atoms with E-state index in [1.165, 1.54) is 7.11 Å². The topological polar surface area (TPSA) is 68.1 Å². The lowest BCUT2D eigenvalue weighted by Gasteiger charge is -2.52. The number of fused-ring (bicyclic) bond motifs is 1. The van der Waals surface area contributed by atoms with Gasteiger partial charge in [-0.25, -0.2) is 0 Å². The number of hydrogen-bond donors (Lipinski definition) is 0. The van der Waals surface area contributed by atoms with Gasteiger partial charge in [-0.05, 0) is 55.8 Å². The molecule has 0 aromatic heterocycles. The van der Waals surface area contributed by atoms with Gasteiger partial charge in [-0.2, -0.15) is 10.2 Å². The van der Waals surface area contributed by atoms with Gasteiger partial charge >= 0.3 is 5.97 Å². The van der Waals surface area contributed by atoms with E-state index in [2.05, 4.69) is 31.0 Å². The Morgan fingerprint density at radius 2 is 1.83 bits per heavy atom. The van der Waals surface area contributed by atoms with Crippen molar-refractivity contribution < 1.29 is 14.3 Å². The normalized spacial score (nSPS) is 43.5. The number of rotatable bonds is 3. The average molecular weight is 334 g/mol. The lowest BCUT2D eigenvalue weighted by Crippen LogP contribution is -2.54. The van der Waals surface area contributed by atoms with Gasteiger partial charge in [-0.15, -0.1) is 0 Å². The number of ether oxygens (including phenoxy) is 1. The maximum Gasteiger partial charge on any atom is 0.312 e. The molecule has 134 valence electrons. The molecule has 5 unspecified atom stereocenters.